The number of aromatic nitrogens is 1. The van der Waals surface area contributed by atoms with Gasteiger partial charge in [-0.3, -0.25) is 0 Å². The summed E-state index contributed by atoms with van der Waals surface area (Å²) in [6, 6.07) is 11.9. The van der Waals surface area contributed by atoms with Crippen molar-refractivity contribution in [3.8, 4) is 5.88 Å². The second-order valence-electron chi connectivity index (χ2n) is 4.23. The maximum Gasteiger partial charge on any atom is 0.232 e. The summed E-state index contributed by atoms with van der Waals surface area (Å²) in [5, 5.41) is 9.39. The SMILES string of the molecule is OCc1cnc(OCCCc2ccccc2)c(Cl)c1. The molecule has 19 heavy (non-hydrogen) atoms. The lowest BCUT2D eigenvalue weighted by molar-refractivity contribution is 0.279. The Bertz CT molecular complexity index is 517. The number of aryl methyl sites for hydroxylation is 1. The first-order chi connectivity index (χ1) is 9.29. The normalized spacial score (nSPS) is 10.4. The minimum Gasteiger partial charge on any atom is -0.477 e. The molecule has 0 radical (unpaired) electrons. The molecule has 2 rings (SSSR count). The maximum atomic E-state index is 8.95. The summed E-state index contributed by atoms with van der Waals surface area (Å²) in [5.74, 6) is 0.423. The van der Waals surface area contributed by atoms with Crippen LogP contribution in [0.5, 0.6) is 5.88 Å². The fourth-order valence-corrected chi connectivity index (χ4v) is 1.99. The molecule has 4 heteroatoms. The molecule has 0 atom stereocenters. The standard InChI is InChI=1S/C15H16ClNO2/c16-14-9-13(11-18)10-17-15(14)19-8-4-7-12-5-2-1-3-6-12/h1-3,5-6,9-10,18H,4,7-8,11H2. The van der Waals surface area contributed by atoms with Crippen molar-refractivity contribution < 1.29 is 9.84 Å². The highest BCUT2D eigenvalue weighted by atomic mass is 35.5. The molecule has 0 aliphatic carbocycles. The van der Waals surface area contributed by atoms with E-state index in [0.29, 0.717) is 23.1 Å². The van der Waals surface area contributed by atoms with Crippen LogP contribution < -0.4 is 4.74 Å². The average Bonchev–Trinajstić information content (AvgIpc) is 2.46. The Balaban J connectivity index is 1.80. The molecule has 1 N–H and O–H groups in total. The van der Waals surface area contributed by atoms with E-state index in [1.165, 1.54) is 5.56 Å². The van der Waals surface area contributed by atoms with Gasteiger partial charge in [-0.05, 0) is 30.0 Å². The summed E-state index contributed by atoms with van der Waals surface area (Å²) in [5.41, 5.74) is 1.97. The Hall–Kier alpha value is -1.58. The highest BCUT2D eigenvalue weighted by Crippen LogP contribution is 2.22. The Morgan fingerprint density at radius 3 is 2.63 bits per heavy atom. The molecule has 0 amide bonds. The molecule has 0 aliphatic rings. The van der Waals surface area contributed by atoms with E-state index in [0.717, 1.165) is 12.8 Å². The summed E-state index contributed by atoms with van der Waals surface area (Å²) in [4.78, 5) is 4.08. The Labute approximate surface area is 117 Å². The molecule has 0 saturated carbocycles. The second kappa shape index (κ2) is 7.12. The molecule has 0 fully saturated rings. The first-order valence-electron chi connectivity index (χ1n) is 6.21. The number of ether oxygens (including phenoxy) is 1. The van der Waals surface area contributed by atoms with Gasteiger partial charge in [-0.15, -0.1) is 0 Å². The van der Waals surface area contributed by atoms with E-state index in [2.05, 4.69) is 17.1 Å². The minimum absolute atomic E-state index is 0.0684. The number of hydrogen-bond donors (Lipinski definition) is 1. The lowest BCUT2D eigenvalue weighted by Crippen LogP contribution is -2.02. The van der Waals surface area contributed by atoms with Crippen LogP contribution in [0.15, 0.2) is 42.6 Å². The molecule has 2 aromatic rings. The summed E-state index contributed by atoms with van der Waals surface area (Å²) in [6.45, 7) is 0.501. The number of hydrogen-bond acceptors (Lipinski definition) is 3. The number of pyridine rings is 1. The van der Waals surface area contributed by atoms with E-state index in [9.17, 15) is 0 Å². The monoisotopic (exact) mass is 277 g/mol. The van der Waals surface area contributed by atoms with Gasteiger partial charge in [0.25, 0.3) is 0 Å². The zero-order valence-corrected chi connectivity index (χ0v) is 11.3. The maximum absolute atomic E-state index is 8.95. The molecule has 0 spiro atoms. The van der Waals surface area contributed by atoms with Crippen molar-refractivity contribution >= 4 is 11.6 Å². The molecule has 1 aromatic carbocycles. The van der Waals surface area contributed by atoms with Crippen molar-refractivity contribution in [2.75, 3.05) is 6.61 Å². The molecule has 0 unspecified atom stereocenters. The van der Waals surface area contributed by atoms with Crippen molar-refractivity contribution in [3.63, 3.8) is 0 Å². The third-order valence-corrected chi connectivity index (χ3v) is 3.01. The van der Waals surface area contributed by atoms with Crippen LogP contribution >= 0.6 is 11.6 Å². The third-order valence-electron chi connectivity index (χ3n) is 2.74. The van der Waals surface area contributed by atoms with Crippen LogP contribution in [0.2, 0.25) is 5.02 Å². The number of aliphatic hydroxyl groups is 1. The molecular weight excluding hydrogens is 262 g/mol. The van der Waals surface area contributed by atoms with Gasteiger partial charge in [0.15, 0.2) is 0 Å². The molecule has 0 saturated heterocycles. The van der Waals surface area contributed by atoms with Crippen molar-refractivity contribution in [1.29, 1.82) is 0 Å². The van der Waals surface area contributed by atoms with E-state index in [1.807, 2.05) is 18.2 Å². The summed E-state index contributed by atoms with van der Waals surface area (Å²) < 4.78 is 5.53. The predicted molar refractivity (Wildman–Crippen MR) is 75.4 cm³/mol. The lowest BCUT2D eigenvalue weighted by atomic mass is 10.1. The van der Waals surface area contributed by atoms with Crippen molar-refractivity contribution in [1.82, 2.24) is 4.98 Å². The summed E-state index contributed by atoms with van der Waals surface area (Å²) in [7, 11) is 0. The Kier molecular flexibility index (Phi) is 5.19. The van der Waals surface area contributed by atoms with Gasteiger partial charge in [-0.25, -0.2) is 4.98 Å². The van der Waals surface area contributed by atoms with E-state index in [-0.39, 0.29) is 6.61 Å². The first-order valence-corrected chi connectivity index (χ1v) is 6.59. The summed E-state index contributed by atoms with van der Waals surface area (Å²) >= 11 is 6.01. The average molecular weight is 278 g/mol. The smallest absolute Gasteiger partial charge is 0.232 e. The van der Waals surface area contributed by atoms with Gasteiger partial charge in [0.2, 0.25) is 5.88 Å². The Morgan fingerprint density at radius 2 is 1.95 bits per heavy atom. The molecule has 0 bridgehead atoms. The van der Waals surface area contributed by atoms with Crippen LogP contribution in [-0.2, 0) is 13.0 Å². The van der Waals surface area contributed by atoms with E-state index in [1.54, 1.807) is 12.3 Å². The van der Waals surface area contributed by atoms with Crippen LogP contribution in [0.3, 0.4) is 0 Å². The number of benzene rings is 1. The van der Waals surface area contributed by atoms with Gasteiger partial charge < -0.3 is 9.84 Å². The summed E-state index contributed by atoms with van der Waals surface area (Å²) in [6.07, 6.45) is 3.44. The van der Waals surface area contributed by atoms with Gasteiger partial charge >= 0.3 is 0 Å². The topological polar surface area (TPSA) is 42.4 Å². The molecular formula is C15H16ClNO2. The zero-order chi connectivity index (χ0) is 13.5. The van der Waals surface area contributed by atoms with Crippen molar-refractivity contribution in [3.05, 3.63) is 58.7 Å². The van der Waals surface area contributed by atoms with Crippen LogP contribution in [0.1, 0.15) is 17.5 Å². The number of aliphatic hydroxyl groups excluding tert-OH is 1. The van der Waals surface area contributed by atoms with Crippen LogP contribution in [-0.4, -0.2) is 16.7 Å². The molecule has 1 aromatic heterocycles. The van der Waals surface area contributed by atoms with E-state index < -0.39 is 0 Å². The number of halogens is 1. The lowest BCUT2D eigenvalue weighted by Gasteiger charge is -2.07. The van der Waals surface area contributed by atoms with E-state index >= 15 is 0 Å². The van der Waals surface area contributed by atoms with Crippen molar-refractivity contribution in [2.24, 2.45) is 0 Å². The van der Waals surface area contributed by atoms with Crippen LogP contribution in [0.4, 0.5) is 0 Å². The predicted octanol–water partition coefficient (Wildman–Crippen LogP) is 3.24. The third kappa shape index (κ3) is 4.23. The Morgan fingerprint density at radius 1 is 1.16 bits per heavy atom. The van der Waals surface area contributed by atoms with Crippen LogP contribution in [0.25, 0.3) is 0 Å². The minimum atomic E-state index is -0.0684. The highest BCUT2D eigenvalue weighted by molar-refractivity contribution is 6.31. The number of rotatable bonds is 6. The quantitative estimate of drug-likeness (QED) is 0.824. The van der Waals surface area contributed by atoms with Gasteiger partial charge in [-0.1, -0.05) is 41.9 Å². The second-order valence-corrected chi connectivity index (χ2v) is 4.63. The fourth-order valence-electron chi connectivity index (χ4n) is 1.75. The zero-order valence-electron chi connectivity index (χ0n) is 10.6. The van der Waals surface area contributed by atoms with Gasteiger partial charge in [0.1, 0.15) is 5.02 Å². The highest BCUT2D eigenvalue weighted by Gasteiger charge is 2.04. The van der Waals surface area contributed by atoms with E-state index in [4.69, 9.17) is 21.4 Å². The van der Waals surface area contributed by atoms with Crippen LogP contribution in [0, 0.1) is 0 Å². The fraction of sp³-hybridized carbons (Fsp3) is 0.267. The molecule has 1 heterocycles. The largest absolute Gasteiger partial charge is 0.477 e. The van der Waals surface area contributed by atoms with Gasteiger partial charge in [0.05, 0.1) is 13.2 Å². The first kappa shape index (κ1) is 13.8. The number of nitrogens with zero attached hydrogens (tertiary/aromatic N) is 1. The molecule has 3 nitrogen and oxygen atoms in total. The van der Waals surface area contributed by atoms with Gasteiger partial charge in [-0.2, -0.15) is 0 Å². The van der Waals surface area contributed by atoms with Crippen molar-refractivity contribution in [2.45, 2.75) is 19.4 Å². The molecule has 100 valence electrons. The van der Waals surface area contributed by atoms with Gasteiger partial charge in [0, 0.05) is 6.20 Å². The molecule has 0 aliphatic heterocycles.